The second-order valence-corrected chi connectivity index (χ2v) is 17.4. The monoisotopic (exact) mass is 961 g/mol. The Bertz CT molecular complexity index is 1670. The summed E-state index contributed by atoms with van der Waals surface area (Å²) >= 11 is 0. The Hall–Kier alpha value is -5.23. The number of esters is 3. The molecular weight excluding hydrogens is 865 g/mol. The lowest BCUT2D eigenvalue weighted by molar-refractivity contribution is -0.167. The lowest BCUT2D eigenvalue weighted by atomic mass is 10.1. The molecule has 0 rings (SSSR count). The molecule has 0 amide bonds. The Balaban J connectivity index is 4.63. The molecule has 0 spiro atoms. The van der Waals surface area contributed by atoms with Crippen molar-refractivity contribution >= 4 is 17.9 Å². The quantitative estimate of drug-likeness (QED) is 0.0262. The number of carbonyl (C=O) groups excluding carboxylic acids is 3. The average Bonchev–Trinajstić information content (AvgIpc) is 3.36. The molecule has 0 aliphatic rings. The Kier molecular flexibility index (Phi) is 52.1. The van der Waals surface area contributed by atoms with E-state index in [4.69, 9.17) is 14.2 Å². The van der Waals surface area contributed by atoms with Crippen LogP contribution in [0.2, 0.25) is 0 Å². The average molecular weight is 961 g/mol. The zero-order valence-corrected chi connectivity index (χ0v) is 44.2. The van der Waals surface area contributed by atoms with Crippen molar-refractivity contribution in [1.82, 2.24) is 0 Å². The van der Waals surface area contributed by atoms with Gasteiger partial charge in [-0.3, -0.25) is 14.4 Å². The van der Waals surface area contributed by atoms with Gasteiger partial charge in [-0.05, 0) is 83.5 Å². The molecular formula is C64H96O6. The maximum Gasteiger partial charge on any atom is 0.306 e. The predicted molar refractivity (Wildman–Crippen MR) is 301 cm³/mol. The summed E-state index contributed by atoms with van der Waals surface area (Å²) in [5.41, 5.74) is 0. The van der Waals surface area contributed by atoms with Gasteiger partial charge in [0.25, 0.3) is 0 Å². The Morgan fingerprint density at radius 3 is 0.900 bits per heavy atom. The van der Waals surface area contributed by atoms with E-state index in [9.17, 15) is 14.4 Å². The van der Waals surface area contributed by atoms with Crippen LogP contribution >= 0.6 is 0 Å². The third-order valence-electron chi connectivity index (χ3n) is 10.8. The first-order valence-corrected chi connectivity index (χ1v) is 27.3. The molecule has 0 saturated carbocycles. The predicted octanol–water partition coefficient (Wildman–Crippen LogP) is 18.4. The van der Waals surface area contributed by atoms with E-state index in [1.165, 1.54) is 44.9 Å². The highest BCUT2D eigenvalue weighted by Gasteiger charge is 2.19. The van der Waals surface area contributed by atoms with Crippen LogP contribution in [0.3, 0.4) is 0 Å². The van der Waals surface area contributed by atoms with Crippen molar-refractivity contribution < 1.29 is 28.6 Å². The third-order valence-corrected chi connectivity index (χ3v) is 10.8. The molecule has 0 radical (unpaired) electrons. The second-order valence-electron chi connectivity index (χ2n) is 17.4. The summed E-state index contributed by atoms with van der Waals surface area (Å²) < 4.78 is 16.7. The Morgan fingerprint density at radius 2 is 0.557 bits per heavy atom. The highest BCUT2D eigenvalue weighted by molar-refractivity contribution is 5.71. The number of carbonyl (C=O) groups is 3. The lowest BCUT2D eigenvalue weighted by Gasteiger charge is -2.18. The minimum absolute atomic E-state index is 0.131. The fraction of sp³-hybridized carbons (Fsp3) is 0.516. The molecule has 0 heterocycles. The first kappa shape index (κ1) is 64.8. The first-order valence-electron chi connectivity index (χ1n) is 27.3. The van der Waals surface area contributed by atoms with Crippen molar-refractivity contribution in [3.8, 4) is 0 Å². The molecule has 0 bridgehead atoms. The summed E-state index contributed by atoms with van der Waals surface area (Å²) in [6.45, 7) is 6.23. The number of hydrogen-bond donors (Lipinski definition) is 0. The van der Waals surface area contributed by atoms with Gasteiger partial charge in [-0.15, -0.1) is 0 Å². The highest BCUT2D eigenvalue weighted by Crippen LogP contribution is 2.12. The SMILES string of the molecule is CC\C=C/C=C\C=C/C=C\C=C/CCCCCC(=O)OCC(COC(=O)CCCCC\C=C/C=C\C=C\C=C/C=C\C=C/C=C\CC)OC(=O)CCCCCCC/C=C\C=C/CCCCCCCCC. The maximum absolute atomic E-state index is 12.8. The van der Waals surface area contributed by atoms with Crippen molar-refractivity contribution in [1.29, 1.82) is 0 Å². The van der Waals surface area contributed by atoms with E-state index in [1.54, 1.807) is 0 Å². The molecule has 0 aromatic carbocycles. The summed E-state index contributed by atoms with van der Waals surface area (Å²) in [5.74, 6) is -1.04. The standard InChI is InChI=1S/C64H96O6/c1-4-7-10-13-16-19-22-25-28-30-32-34-36-39-42-45-48-51-54-57-63(66)69-60-61(59-68-62(65)56-53-50-47-44-41-38-35-27-24-21-18-15-12-9-6-3)70-64(67)58-55-52-49-46-43-40-37-33-31-29-26-23-20-17-14-11-8-5-2/h7,9-10,12-13,15-16,18-19,21-22,24-25,27-39,41-42,61H,4-6,8,11,14,17,20,23,26,40,43-60H2,1-3H3/b10-7-,12-9-,16-13-,18-15-,22-19-,24-21-,28-25-,31-29-,32-30+,35-27-,36-34-,37-33-,41-38-,42-39-. The summed E-state index contributed by atoms with van der Waals surface area (Å²) in [6.07, 6.45) is 83.3. The molecule has 0 saturated heterocycles. The lowest BCUT2D eigenvalue weighted by Crippen LogP contribution is -2.30. The van der Waals surface area contributed by atoms with Gasteiger partial charge in [0, 0.05) is 19.3 Å². The second kappa shape index (κ2) is 56.4. The van der Waals surface area contributed by atoms with Gasteiger partial charge in [-0.2, -0.15) is 0 Å². The Labute approximate surface area is 428 Å². The Morgan fingerprint density at radius 1 is 0.300 bits per heavy atom. The van der Waals surface area contributed by atoms with Crippen molar-refractivity contribution in [2.24, 2.45) is 0 Å². The van der Waals surface area contributed by atoms with Gasteiger partial charge in [0.15, 0.2) is 6.10 Å². The van der Waals surface area contributed by atoms with Crippen LogP contribution in [-0.4, -0.2) is 37.2 Å². The smallest absolute Gasteiger partial charge is 0.306 e. The first-order chi connectivity index (χ1) is 34.5. The van der Waals surface area contributed by atoms with Gasteiger partial charge in [-0.1, -0.05) is 262 Å². The van der Waals surface area contributed by atoms with E-state index in [0.717, 1.165) is 96.3 Å². The van der Waals surface area contributed by atoms with E-state index in [1.807, 2.05) is 122 Å². The molecule has 0 aromatic heterocycles. The molecule has 388 valence electrons. The van der Waals surface area contributed by atoms with E-state index in [-0.39, 0.29) is 50.4 Å². The molecule has 0 fully saturated rings. The molecule has 0 aromatic rings. The highest BCUT2D eigenvalue weighted by atomic mass is 16.6. The van der Waals surface area contributed by atoms with Gasteiger partial charge in [0.05, 0.1) is 0 Å². The van der Waals surface area contributed by atoms with Crippen molar-refractivity contribution in [2.45, 2.75) is 200 Å². The van der Waals surface area contributed by atoms with Crippen LogP contribution in [0.1, 0.15) is 194 Å². The van der Waals surface area contributed by atoms with Crippen molar-refractivity contribution in [3.63, 3.8) is 0 Å². The molecule has 6 heteroatoms. The minimum Gasteiger partial charge on any atom is -0.462 e. The molecule has 0 N–H and O–H groups in total. The van der Waals surface area contributed by atoms with Crippen LogP contribution in [0, 0.1) is 0 Å². The molecule has 70 heavy (non-hydrogen) atoms. The molecule has 6 nitrogen and oxygen atoms in total. The summed E-state index contributed by atoms with van der Waals surface area (Å²) in [6, 6.07) is 0. The fourth-order valence-corrected chi connectivity index (χ4v) is 6.73. The number of ether oxygens (including phenoxy) is 3. The third kappa shape index (κ3) is 53.7. The van der Waals surface area contributed by atoms with Crippen LogP contribution in [0.15, 0.2) is 170 Å². The topological polar surface area (TPSA) is 78.9 Å². The van der Waals surface area contributed by atoms with Gasteiger partial charge in [0.2, 0.25) is 0 Å². The minimum atomic E-state index is -0.833. The van der Waals surface area contributed by atoms with Crippen LogP contribution < -0.4 is 0 Å². The van der Waals surface area contributed by atoms with E-state index in [2.05, 4.69) is 69.4 Å². The number of unbranched alkanes of at least 4 members (excludes halogenated alkanes) is 18. The van der Waals surface area contributed by atoms with Crippen molar-refractivity contribution in [2.75, 3.05) is 13.2 Å². The molecule has 1 atom stereocenters. The van der Waals surface area contributed by atoms with Gasteiger partial charge in [-0.25, -0.2) is 0 Å². The van der Waals surface area contributed by atoms with E-state index >= 15 is 0 Å². The maximum atomic E-state index is 12.8. The summed E-state index contributed by atoms with van der Waals surface area (Å²) in [7, 11) is 0. The molecule has 0 aliphatic carbocycles. The summed E-state index contributed by atoms with van der Waals surface area (Å²) in [4.78, 5) is 38.1. The number of allylic oxidation sites excluding steroid dienone is 28. The van der Waals surface area contributed by atoms with Gasteiger partial charge in [0.1, 0.15) is 13.2 Å². The van der Waals surface area contributed by atoms with E-state index in [0.29, 0.717) is 12.8 Å². The largest absolute Gasteiger partial charge is 0.462 e. The van der Waals surface area contributed by atoms with Crippen molar-refractivity contribution in [3.05, 3.63) is 170 Å². The fourth-order valence-electron chi connectivity index (χ4n) is 6.73. The number of rotatable bonds is 46. The van der Waals surface area contributed by atoms with Crippen LogP contribution in [0.25, 0.3) is 0 Å². The van der Waals surface area contributed by atoms with Crippen LogP contribution in [-0.2, 0) is 28.6 Å². The zero-order valence-electron chi connectivity index (χ0n) is 44.2. The zero-order chi connectivity index (χ0) is 50.7. The summed E-state index contributed by atoms with van der Waals surface area (Å²) in [5, 5.41) is 0. The van der Waals surface area contributed by atoms with Gasteiger partial charge >= 0.3 is 17.9 Å². The van der Waals surface area contributed by atoms with E-state index < -0.39 is 6.10 Å². The normalized spacial score (nSPS) is 13.5. The van der Waals surface area contributed by atoms with Crippen LogP contribution in [0.5, 0.6) is 0 Å². The van der Waals surface area contributed by atoms with Gasteiger partial charge < -0.3 is 14.2 Å². The number of hydrogen-bond acceptors (Lipinski definition) is 6. The molecule has 1 unspecified atom stereocenters. The van der Waals surface area contributed by atoms with Crippen LogP contribution in [0.4, 0.5) is 0 Å². The molecule has 0 aliphatic heterocycles.